The van der Waals surface area contributed by atoms with Gasteiger partial charge < -0.3 is 15.2 Å². The first-order chi connectivity index (χ1) is 14.3. The van der Waals surface area contributed by atoms with Crippen LogP contribution in [0.3, 0.4) is 0 Å². The lowest BCUT2D eigenvalue weighted by molar-refractivity contribution is 0.104. The molecular formula is C26H33NO3. The van der Waals surface area contributed by atoms with Crippen LogP contribution in [-0.4, -0.2) is 19.0 Å². The van der Waals surface area contributed by atoms with E-state index < -0.39 is 0 Å². The Bertz CT molecular complexity index is 895. The number of ketones is 1. The molecule has 0 bridgehead atoms. The number of ether oxygens (including phenoxy) is 2. The van der Waals surface area contributed by atoms with Crippen LogP contribution in [-0.2, 0) is 5.41 Å². The number of hydrogen-bond acceptors (Lipinski definition) is 4. The highest BCUT2D eigenvalue weighted by Gasteiger charge is 2.23. The number of benzene rings is 2. The molecule has 0 atom stereocenters. The van der Waals surface area contributed by atoms with Gasteiger partial charge in [0.2, 0.25) is 0 Å². The van der Waals surface area contributed by atoms with Crippen LogP contribution < -0.4 is 15.2 Å². The number of nitrogens with two attached hydrogens (primary N) is 1. The summed E-state index contributed by atoms with van der Waals surface area (Å²) in [6.07, 6.45) is 7.07. The van der Waals surface area contributed by atoms with Gasteiger partial charge in [0.25, 0.3) is 0 Å². The molecule has 2 rings (SSSR count). The number of rotatable bonds is 11. The van der Waals surface area contributed by atoms with Crippen LogP contribution in [0.25, 0.3) is 6.08 Å². The van der Waals surface area contributed by atoms with Gasteiger partial charge >= 0.3 is 0 Å². The molecule has 4 heteroatoms. The van der Waals surface area contributed by atoms with Gasteiger partial charge in [0, 0.05) is 33.9 Å². The Kier molecular flexibility index (Phi) is 8.28. The molecule has 160 valence electrons. The number of allylic oxidation sites excluding steroid dienone is 2. The van der Waals surface area contributed by atoms with Gasteiger partial charge in [0.1, 0.15) is 11.5 Å². The van der Waals surface area contributed by atoms with Crippen LogP contribution in [0.4, 0.5) is 5.69 Å². The minimum Gasteiger partial charge on any atom is -0.493 e. The Labute approximate surface area is 180 Å². The summed E-state index contributed by atoms with van der Waals surface area (Å²) in [7, 11) is 0. The smallest absolute Gasteiger partial charge is 0.185 e. The van der Waals surface area contributed by atoms with E-state index in [0.717, 1.165) is 29.7 Å². The number of anilines is 1. The van der Waals surface area contributed by atoms with Gasteiger partial charge in [0.05, 0.1) is 13.2 Å². The van der Waals surface area contributed by atoms with E-state index in [-0.39, 0.29) is 11.2 Å². The molecule has 0 aromatic heterocycles. The molecule has 0 fully saturated rings. The second-order valence-electron chi connectivity index (χ2n) is 7.83. The minimum absolute atomic E-state index is 0.0905. The summed E-state index contributed by atoms with van der Waals surface area (Å²) in [4.78, 5) is 12.6. The number of carbonyl (C=O) groups excluding carboxylic acids is 1. The van der Waals surface area contributed by atoms with Crippen molar-refractivity contribution < 1.29 is 14.3 Å². The fourth-order valence-corrected chi connectivity index (χ4v) is 2.90. The van der Waals surface area contributed by atoms with Gasteiger partial charge in [-0.05, 0) is 55.3 Å². The fourth-order valence-electron chi connectivity index (χ4n) is 2.90. The first kappa shape index (κ1) is 23.3. The van der Waals surface area contributed by atoms with Crippen molar-refractivity contribution in [3.8, 4) is 11.5 Å². The van der Waals surface area contributed by atoms with Gasteiger partial charge in [-0.1, -0.05) is 33.8 Å². The summed E-state index contributed by atoms with van der Waals surface area (Å²) in [5, 5.41) is 0. The lowest BCUT2D eigenvalue weighted by Crippen LogP contribution is -2.16. The zero-order chi connectivity index (χ0) is 22.1. The van der Waals surface area contributed by atoms with Gasteiger partial charge in [-0.2, -0.15) is 0 Å². The second-order valence-corrected chi connectivity index (χ2v) is 7.83. The fraction of sp³-hybridized carbons (Fsp3) is 0.346. The minimum atomic E-state index is -0.296. The summed E-state index contributed by atoms with van der Waals surface area (Å²) in [6.45, 7) is 13.5. The zero-order valence-electron chi connectivity index (χ0n) is 18.5. The van der Waals surface area contributed by atoms with Crippen molar-refractivity contribution in [3.63, 3.8) is 0 Å². The Morgan fingerprint density at radius 1 is 1.03 bits per heavy atom. The molecule has 2 N–H and O–H groups in total. The van der Waals surface area contributed by atoms with Crippen molar-refractivity contribution in [1.29, 1.82) is 0 Å². The maximum atomic E-state index is 12.6. The van der Waals surface area contributed by atoms with Crippen LogP contribution in [0.2, 0.25) is 0 Å². The molecule has 30 heavy (non-hydrogen) atoms. The van der Waals surface area contributed by atoms with E-state index in [1.807, 2.05) is 18.2 Å². The van der Waals surface area contributed by atoms with Crippen molar-refractivity contribution >= 4 is 17.5 Å². The number of hydrogen-bond donors (Lipinski definition) is 1. The molecule has 0 aliphatic rings. The van der Waals surface area contributed by atoms with E-state index in [1.54, 1.807) is 36.4 Å². The molecular weight excluding hydrogens is 374 g/mol. The summed E-state index contributed by atoms with van der Waals surface area (Å²) in [5.41, 5.74) is 8.48. The molecule has 0 saturated carbocycles. The predicted molar refractivity (Wildman–Crippen MR) is 125 cm³/mol. The summed E-state index contributed by atoms with van der Waals surface area (Å²) >= 11 is 0. The average molecular weight is 408 g/mol. The van der Waals surface area contributed by atoms with Gasteiger partial charge in [0.15, 0.2) is 5.78 Å². The standard InChI is InChI=1S/C26H33NO3/c1-6-15-29-24-18-25(30-16-7-2)22(26(4,5)8-3)17-20(24)11-14-23(28)19-9-12-21(27)13-10-19/h8-14,17-18H,3,6-7,15-16,27H2,1-2,4-5H3. The molecule has 4 nitrogen and oxygen atoms in total. The van der Waals surface area contributed by atoms with Gasteiger partial charge in [-0.25, -0.2) is 0 Å². The highest BCUT2D eigenvalue weighted by molar-refractivity contribution is 6.07. The van der Waals surface area contributed by atoms with E-state index >= 15 is 0 Å². The summed E-state index contributed by atoms with van der Waals surface area (Å²) in [6, 6.07) is 10.9. The van der Waals surface area contributed by atoms with E-state index in [9.17, 15) is 4.79 Å². The maximum absolute atomic E-state index is 12.6. The molecule has 0 aliphatic carbocycles. The Balaban J connectivity index is 2.48. The van der Waals surface area contributed by atoms with Crippen molar-refractivity contribution in [2.45, 2.75) is 46.0 Å². The normalized spacial score (nSPS) is 11.5. The van der Waals surface area contributed by atoms with E-state index in [0.29, 0.717) is 30.2 Å². The largest absolute Gasteiger partial charge is 0.493 e. The Morgan fingerprint density at radius 2 is 1.63 bits per heavy atom. The molecule has 0 radical (unpaired) electrons. The third kappa shape index (κ3) is 5.99. The highest BCUT2D eigenvalue weighted by atomic mass is 16.5. The number of carbonyl (C=O) groups is 1. The van der Waals surface area contributed by atoms with Crippen molar-refractivity contribution in [3.05, 3.63) is 71.8 Å². The molecule has 0 saturated heterocycles. The van der Waals surface area contributed by atoms with Crippen LogP contribution in [0.15, 0.2) is 55.1 Å². The highest BCUT2D eigenvalue weighted by Crippen LogP contribution is 2.38. The topological polar surface area (TPSA) is 61.6 Å². The van der Waals surface area contributed by atoms with Crippen molar-refractivity contribution in [2.75, 3.05) is 18.9 Å². The Hall–Kier alpha value is -3.01. The van der Waals surface area contributed by atoms with Crippen LogP contribution in [0.1, 0.15) is 62.0 Å². The lowest BCUT2D eigenvalue weighted by Gasteiger charge is -2.25. The quantitative estimate of drug-likeness (QED) is 0.208. The maximum Gasteiger partial charge on any atom is 0.185 e. The SMILES string of the molecule is C=CC(C)(C)c1cc(C=CC(=O)c2ccc(N)cc2)c(OCCC)cc1OCCC. The van der Waals surface area contributed by atoms with Crippen LogP contribution in [0.5, 0.6) is 11.5 Å². The molecule has 2 aromatic carbocycles. The summed E-state index contributed by atoms with van der Waals surface area (Å²) in [5.74, 6) is 1.40. The third-order valence-electron chi connectivity index (χ3n) is 4.85. The summed E-state index contributed by atoms with van der Waals surface area (Å²) < 4.78 is 12.0. The molecule has 0 aliphatic heterocycles. The first-order valence-electron chi connectivity index (χ1n) is 10.5. The van der Waals surface area contributed by atoms with Crippen molar-refractivity contribution in [2.24, 2.45) is 0 Å². The Morgan fingerprint density at radius 3 is 2.20 bits per heavy atom. The van der Waals surface area contributed by atoms with Crippen LogP contribution in [0, 0.1) is 0 Å². The van der Waals surface area contributed by atoms with Crippen LogP contribution >= 0.6 is 0 Å². The van der Waals surface area contributed by atoms with E-state index in [4.69, 9.17) is 15.2 Å². The molecule has 0 heterocycles. The molecule has 0 spiro atoms. The van der Waals surface area contributed by atoms with Crippen molar-refractivity contribution in [1.82, 2.24) is 0 Å². The van der Waals surface area contributed by atoms with Gasteiger partial charge in [-0.3, -0.25) is 4.79 Å². The zero-order valence-corrected chi connectivity index (χ0v) is 18.5. The molecule has 0 amide bonds. The molecule has 0 unspecified atom stereocenters. The lowest BCUT2D eigenvalue weighted by atomic mass is 9.83. The van der Waals surface area contributed by atoms with E-state index in [2.05, 4.69) is 34.3 Å². The monoisotopic (exact) mass is 407 g/mol. The third-order valence-corrected chi connectivity index (χ3v) is 4.85. The van der Waals surface area contributed by atoms with E-state index in [1.165, 1.54) is 0 Å². The predicted octanol–water partition coefficient (Wildman–Crippen LogP) is 6.21. The second kappa shape index (κ2) is 10.7. The first-order valence-corrected chi connectivity index (χ1v) is 10.5. The van der Waals surface area contributed by atoms with Gasteiger partial charge in [-0.15, -0.1) is 6.58 Å². The average Bonchev–Trinajstić information content (AvgIpc) is 2.75. The molecule has 2 aromatic rings. The number of nitrogen functional groups attached to an aromatic ring is 1.